The van der Waals surface area contributed by atoms with Crippen LogP contribution in [0.15, 0.2) is 139 Å². The van der Waals surface area contributed by atoms with Gasteiger partial charge in [0.25, 0.3) is 0 Å². The Hall–Kier alpha value is -4.42. The van der Waals surface area contributed by atoms with Gasteiger partial charge in [0, 0.05) is 5.41 Å². The van der Waals surface area contributed by atoms with E-state index < -0.39 is 0 Å². The second kappa shape index (κ2) is 9.65. The second-order valence-corrected chi connectivity index (χ2v) is 11.4. The van der Waals surface area contributed by atoms with Crippen molar-refractivity contribution in [1.29, 1.82) is 0 Å². The molecule has 1 atom stereocenters. The quantitative estimate of drug-likeness (QED) is 0.232. The second-order valence-electron chi connectivity index (χ2n) is 11.4. The van der Waals surface area contributed by atoms with Gasteiger partial charge in [0.1, 0.15) is 0 Å². The molecule has 1 unspecified atom stereocenters. The Bertz CT molecular complexity index is 1890. The molecule has 4 aromatic carbocycles. The van der Waals surface area contributed by atoms with Crippen LogP contribution in [0.3, 0.4) is 0 Å². The van der Waals surface area contributed by atoms with Crippen molar-refractivity contribution in [1.82, 2.24) is 0 Å². The summed E-state index contributed by atoms with van der Waals surface area (Å²) in [5, 5.41) is 5.24. The summed E-state index contributed by atoms with van der Waals surface area (Å²) in [5.41, 5.74) is 12.4. The van der Waals surface area contributed by atoms with Crippen molar-refractivity contribution in [2.75, 3.05) is 0 Å². The molecule has 0 aliphatic heterocycles. The molecule has 0 saturated carbocycles. The van der Waals surface area contributed by atoms with Crippen molar-refractivity contribution in [2.45, 2.75) is 33.1 Å². The highest BCUT2D eigenvalue weighted by atomic mass is 14.4. The number of fused-ring (bicyclic) bond motifs is 4. The predicted octanol–water partition coefficient (Wildman–Crippen LogP) is 11.0. The molecule has 0 nitrogen and oxygen atoms in total. The van der Waals surface area contributed by atoms with Gasteiger partial charge in [-0.1, -0.05) is 135 Å². The highest BCUT2D eigenvalue weighted by Crippen LogP contribution is 2.53. The van der Waals surface area contributed by atoms with Crippen molar-refractivity contribution in [2.24, 2.45) is 5.41 Å². The summed E-state index contributed by atoms with van der Waals surface area (Å²) in [5.74, 6) is 0. The maximum absolute atomic E-state index is 4.30. The fourth-order valence-electron chi connectivity index (χ4n) is 7.16. The Morgan fingerprint density at radius 3 is 2.38 bits per heavy atom. The Labute approximate surface area is 237 Å². The van der Waals surface area contributed by atoms with E-state index in [0.717, 1.165) is 19.3 Å². The van der Waals surface area contributed by atoms with E-state index in [2.05, 4.69) is 142 Å². The third-order valence-corrected chi connectivity index (χ3v) is 9.08. The summed E-state index contributed by atoms with van der Waals surface area (Å²) in [6, 6.07) is 24.6. The van der Waals surface area contributed by atoms with Gasteiger partial charge in [0.2, 0.25) is 0 Å². The summed E-state index contributed by atoms with van der Waals surface area (Å²) in [6.07, 6.45) is 23.3. The van der Waals surface area contributed by atoms with Gasteiger partial charge in [0.05, 0.1) is 0 Å². The lowest BCUT2D eigenvalue weighted by atomic mass is 9.69. The van der Waals surface area contributed by atoms with E-state index in [1.807, 2.05) is 0 Å². The fraction of sp³-hybridized carbons (Fsp3) is 0.150. The normalized spacial score (nSPS) is 19.8. The Kier molecular flexibility index (Phi) is 5.93. The van der Waals surface area contributed by atoms with Gasteiger partial charge in [-0.05, 0) is 97.8 Å². The van der Waals surface area contributed by atoms with Crippen molar-refractivity contribution >= 4 is 32.7 Å². The maximum atomic E-state index is 4.30. The molecule has 0 amide bonds. The fourth-order valence-corrected chi connectivity index (χ4v) is 7.16. The molecule has 4 aromatic rings. The topological polar surface area (TPSA) is 0 Å². The summed E-state index contributed by atoms with van der Waals surface area (Å²) in [4.78, 5) is 0. The molecule has 0 saturated heterocycles. The smallest absolute Gasteiger partial charge is 0.0147 e. The first-order valence-electron chi connectivity index (χ1n) is 14.4. The average molecular weight is 515 g/mol. The molecule has 0 heterocycles. The molecule has 0 bridgehead atoms. The van der Waals surface area contributed by atoms with Crippen LogP contribution in [0.2, 0.25) is 0 Å². The minimum Gasteiger partial charge on any atom is -0.0988 e. The zero-order valence-corrected chi connectivity index (χ0v) is 23.4. The monoisotopic (exact) mass is 514 g/mol. The number of benzene rings is 4. The zero-order valence-electron chi connectivity index (χ0n) is 23.4. The predicted molar refractivity (Wildman–Crippen MR) is 174 cm³/mol. The SMILES string of the molecule is C=CC1=C(C/C=C\C)c2c(c(-c3cccc4ccccc34)c3ccccc3c2C2=C3C=CC=CC3(C)CC=C2)C1. The van der Waals surface area contributed by atoms with Crippen LogP contribution in [0.5, 0.6) is 0 Å². The first-order valence-corrected chi connectivity index (χ1v) is 14.4. The van der Waals surface area contributed by atoms with E-state index in [4.69, 9.17) is 0 Å². The van der Waals surface area contributed by atoms with E-state index in [1.165, 1.54) is 71.7 Å². The molecule has 3 aliphatic rings. The van der Waals surface area contributed by atoms with Gasteiger partial charge in [0.15, 0.2) is 0 Å². The molecule has 0 spiro atoms. The van der Waals surface area contributed by atoms with E-state index in [0.29, 0.717) is 0 Å². The summed E-state index contributed by atoms with van der Waals surface area (Å²) in [7, 11) is 0. The van der Waals surface area contributed by atoms with Gasteiger partial charge in [-0.2, -0.15) is 0 Å². The van der Waals surface area contributed by atoms with Gasteiger partial charge >= 0.3 is 0 Å². The molecule has 7 rings (SSSR count). The van der Waals surface area contributed by atoms with E-state index in [1.54, 1.807) is 0 Å². The van der Waals surface area contributed by atoms with Crippen molar-refractivity contribution in [3.8, 4) is 11.1 Å². The molecular weight excluding hydrogens is 480 g/mol. The molecule has 0 aromatic heterocycles. The lowest BCUT2D eigenvalue weighted by molar-refractivity contribution is 0.529. The average Bonchev–Trinajstić information content (AvgIpc) is 3.35. The Morgan fingerprint density at radius 1 is 0.825 bits per heavy atom. The van der Waals surface area contributed by atoms with Gasteiger partial charge in [-0.15, -0.1) is 0 Å². The van der Waals surface area contributed by atoms with Crippen LogP contribution in [0.25, 0.3) is 43.8 Å². The first kappa shape index (κ1) is 24.6. The number of allylic oxidation sites excluding steroid dienone is 13. The summed E-state index contributed by atoms with van der Waals surface area (Å²) in [6.45, 7) is 8.79. The Morgan fingerprint density at radius 2 is 1.57 bits per heavy atom. The summed E-state index contributed by atoms with van der Waals surface area (Å²) < 4.78 is 0. The Balaban J connectivity index is 1.66. The molecule has 0 fully saturated rings. The largest absolute Gasteiger partial charge is 0.0988 e. The molecule has 0 N–H and O–H groups in total. The lowest BCUT2D eigenvalue weighted by Crippen LogP contribution is -2.20. The van der Waals surface area contributed by atoms with Gasteiger partial charge in [-0.3, -0.25) is 0 Å². The van der Waals surface area contributed by atoms with Gasteiger partial charge in [-0.25, -0.2) is 0 Å². The van der Waals surface area contributed by atoms with Crippen LogP contribution in [0.1, 0.15) is 43.4 Å². The highest BCUT2D eigenvalue weighted by Gasteiger charge is 2.34. The molecule has 3 aliphatic carbocycles. The molecular formula is C40H34. The highest BCUT2D eigenvalue weighted by molar-refractivity contribution is 6.14. The molecule has 40 heavy (non-hydrogen) atoms. The number of hydrogen-bond acceptors (Lipinski definition) is 0. The summed E-state index contributed by atoms with van der Waals surface area (Å²) >= 11 is 0. The molecule has 194 valence electrons. The minimum atomic E-state index is 0.00813. The van der Waals surface area contributed by atoms with E-state index in [-0.39, 0.29) is 5.41 Å². The first-order chi connectivity index (χ1) is 19.6. The van der Waals surface area contributed by atoms with Gasteiger partial charge < -0.3 is 0 Å². The third-order valence-electron chi connectivity index (χ3n) is 9.08. The lowest BCUT2D eigenvalue weighted by Gasteiger charge is -2.34. The van der Waals surface area contributed by atoms with Crippen molar-refractivity contribution < 1.29 is 0 Å². The van der Waals surface area contributed by atoms with Crippen LogP contribution < -0.4 is 0 Å². The van der Waals surface area contributed by atoms with Crippen molar-refractivity contribution in [3.05, 3.63) is 156 Å². The van der Waals surface area contributed by atoms with Crippen molar-refractivity contribution in [3.63, 3.8) is 0 Å². The van der Waals surface area contributed by atoms with Crippen LogP contribution in [-0.4, -0.2) is 0 Å². The van der Waals surface area contributed by atoms with Crippen LogP contribution in [0.4, 0.5) is 0 Å². The molecule has 0 heteroatoms. The number of hydrogen-bond donors (Lipinski definition) is 0. The standard InChI is InChI=1S/C40H34/c1-4-6-17-30-27(5-2)26-35-37(31-21-13-16-28-15-7-8-18-29(28)31)32-19-9-10-20-33(32)39(38(30)35)34-22-14-25-40(3)24-12-11-23-36(34)40/h4-16,18-24H,2,17,25-26H2,1,3H3/b6-4-. The maximum Gasteiger partial charge on any atom is 0.0147 e. The van der Waals surface area contributed by atoms with E-state index in [9.17, 15) is 0 Å². The van der Waals surface area contributed by atoms with Crippen LogP contribution in [-0.2, 0) is 6.42 Å². The number of rotatable bonds is 5. The zero-order chi connectivity index (χ0) is 27.3. The minimum absolute atomic E-state index is 0.00813. The van der Waals surface area contributed by atoms with E-state index >= 15 is 0 Å². The van der Waals surface area contributed by atoms with Crippen LogP contribution >= 0.6 is 0 Å². The third kappa shape index (κ3) is 3.67. The van der Waals surface area contributed by atoms with Crippen LogP contribution in [0, 0.1) is 5.41 Å². The molecule has 0 radical (unpaired) electrons.